The van der Waals surface area contributed by atoms with Gasteiger partial charge in [0.1, 0.15) is 0 Å². The predicted octanol–water partition coefficient (Wildman–Crippen LogP) is 3.47. The van der Waals surface area contributed by atoms with Gasteiger partial charge in [0, 0.05) is 24.8 Å². The fourth-order valence-electron chi connectivity index (χ4n) is 2.40. The van der Waals surface area contributed by atoms with Crippen LogP contribution >= 0.6 is 0 Å². The third kappa shape index (κ3) is 3.26. The molecule has 0 saturated heterocycles. The van der Waals surface area contributed by atoms with E-state index in [0.717, 1.165) is 12.0 Å². The topological polar surface area (TPSA) is 29.3 Å². The normalized spacial score (nSPS) is 15.2. The molecule has 1 aromatic carbocycles. The molecule has 0 spiro atoms. The van der Waals surface area contributed by atoms with Gasteiger partial charge in [-0.2, -0.15) is 0 Å². The van der Waals surface area contributed by atoms with E-state index in [2.05, 4.69) is 43.9 Å². The molecule has 0 unspecified atom stereocenters. The fourth-order valence-corrected chi connectivity index (χ4v) is 2.40. The summed E-state index contributed by atoms with van der Waals surface area (Å²) in [7, 11) is 0. The zero-order valence-electron chi connectivity index (χ0n) is 11.9. The zero-order chi connectivity index (χ0) is 13.1. The van der Waals surface area contributed by atoms with Gasteiger partial charge in [0.25, 0.3) is 0 Å². The summed E-state index contributed by atoms with van der Waals surface area (Å²) in [6.07, 6.45) is 3.94. The van der Waals surface area contributed by atoms with E-state index in [-0.39, 0.29) is 0 Å². The number of nitrogens with zero attached hydrogens (tertiary/aromatic N) is 1. The number of benzene rings is 1. The molecule has 1 saturated carbocycles. The molecule has 0 heterocycles. The van der Waals surface area contributed by atoms with Crippen LogP contribution in [0.4, 0.5) is 5.69 Å². The van der Waals surface area contributed by atoms with Gasteiger partial charge in [-0.15, -0.1) is 0 Å². The third-order valence-corrected chi connectivity index (χ3v) is 3.71. The van der Waals surface area contributed by atoms with E-state index in [9.17, 15) is 0 Å². The molecule has 1 aromatic rings. The Hall–Kier alpha value is -1.02. The molecule has 1 aliphatic rings. The Morgan fingerprint density at radius 1 is 1.33 bits per heavy atom. The summed E-state index contributed by atoms with van der Waals surface area (Å²) >= 11 is 0. The van der Waals surface area contributed by atoms with Gasteiger partial charge >= 0.3 is 0 Å². The lowest BCUT2D eigenvalue weighted by molar-refractivity contribution is 0.570. The summed E-state index contributed by atoms with van der Waals surface area (Å²) in [6, 6.07) is 7.42. The maximum atomic E-state index is 5.89. The first-order valence-corrected chi connectivity index (χ1v) is 7.18. The Kier molecular flexibility index (Phi) is 4.28. The van der Waals surface area contributed by atoms with Crippen LogP contribution < -0.4 is 10.6 Å². The summed E-state index contributed by atoms with van der Waals surface area (Å²) < 4.78 is 0. The lowest BCUT2D eigenvalue weighted by Gasteiger charge is -2.28. The molecule has 2 rings (SSSR count). The average molecular weight is 246 g/mol. The number of anilines is 1. The Balaban J connectivity index is 2.21. The quantitative estimate of drug-likeness (QED) is 0.833. The van der Waals surface area contributed by atoms with Crippen molar-refractivity contribution in [3.63, 3.8) is 0 Å². The van der Waals surface area contributed by atoms with Crippen LogP contribution in [-0.4, -0.2) is 12.6 Å². The predicted molar refractivity (Wildman–Crippen MR) is 78.9 cm³/mol. The van der Waals surface area contributed by atoms with Crippen LogP contribution in [0, 0.1) is 12.8 Å². The second kappa shape index (κ2) is 5.75. The van der Waals surface area contributed by atoms with Crippen molar-refractivity contribution in [3.8, 4) is 0 Å². The van der Waals surface area contributed by atoms with Gasteiger partial charge in [-0.05, 0) is 49.3 Å². The van der Waals surface area contributed by atoms with Crippen LogP contribution in [0.3, 0.4) is 0 Å². The van der Waals surface area contributed by atoms with Gasteiger partial charge in [0.15, 0.2) is 0 Å². The molecule has 1 aliphatic carbocycles. The Bertz CT molecular complexity index is 394. The maximum absolute atomic E-state index is 5.89. The van der Waals surface area contributed by atoms with Crippen molar-refractivity contribution in [3.05, 3.63) is 29.3 Å². The van der Waals surface area contributed by atoms with E-state index < -0.39 is 0 Å². The van der Waals surface area contributed by atoms with Crippen molar-refractivity contribution in [2.24, 2.45) is 11.7 Å². The largest absolute Gasteiger partial charge is 0.368 e. The SMILES string of the molecule is Cc1ccc(CN)c(N(CCC(C)C)C2CC2)c1. The van der Waals surface area contributed by atoms with E-state index in [0.29, 0.717) is 6.54 Å². The molecule has 0 aromatic heterocycles. The van der Waals surface area contributed by atoms with Gasteiger partial charge in [-0.1, -0.05) is 26.0 Å². The fraction of sp³-hybridized carbons (Fsp3) is 0.625. The van der Waals surface area contributed by atoms with Crippen LogP contribution in [0.1, 0.15) is 44.2 Å². The van der Waals surface area contributed by atoms with Crippen molar-refractivity contribution < 1.29 is 0 Å². The number of hydrogen-bond donors (Lipinski definition) is 1. The Morgan fingerprint density at radius 3 is 2.61 bits per heavy atom. The summed E-state index contributed by atoms with van der Waals surface area (Å²) in [4.78, 5) is 2.59. The molecule has 2 N–H and O–H groups in total. The minimum absolute atomic E-state index is 0.639. The van der Waals surface area contributed by atoms with Crippen molar-refractivity contribution >= 4 is 5.69 Å². The molecular formula is C16H26N2. The van der Waals surface area contributed by atoms with Gasteiger partial charge in [-0.25, -0.2) is 0 Å². The lowest BCUT2D eigenvalue weighted by atomic mass is 10.1. The number of rotatable bonds is 6. The van der Waals surface area contributed by atoms with Gasteiger partial charge < -0.3 is 10.6 Å². The van der Waals surface area contributed by atoms with Gasteiger partial charge in [0.05, 0.1) is 0 Å². The molecular weight excluding hydrogens is 220 g/mol. The van der Waals surface area contributed by atoms with E-state index in [1.807, 2.05) is 0 Å². The van der Waals surface area contributed by atoms with Crippen molar-refractivity contribution in [1.29, 1.82) is 0 Å². The molecule has 1 fully saturated rings. The highest BCUT2D eigenvalue weighted by Crippen LogP contribution is 2.34. The smallest absolute Gasteiger partial charge is 0.0416 e. The van der Waals surface area contributed by atoms with Crippen molar-refractivity contribution in [1.82, 2.24) is 0 Å². The molecule has 2 heteroatoms. The molecule has 0 radical (unpaired) electrons. The van der Waals surface area contributed by atoms with Crippen LogP contribution in [0.25, 0.3) is 0 Å². The number of aryl methyl sites for hydroxylation is 1. The third-order valence-electron chi connectivity index (χ3n) is 3.71. The first kappa shape index (κ1) is 13.4. The molecule has 0 aliphatic heterocycles. The molecule has 0 amide bonds. The number of nitrogens with two attached hydrogens (primary N) is 1. The zero-order valence-corrected chi connectivity index (χ0v) is 11.9. The van der Waals surface area contributed by atoms with E-state index in [1.54, 1.807) is 0 Å². The summed E-state index contributed by atoms with van der Waals surface area (Å²) in [5, 5.41) is 0. The summed E-state index contributed by atoms with van der Waals surface area (Å²) in [6.45, 7) is 8.56. The highest BCUT2D eigenvalue weighted by molar-refractivity contribution is 5.57. The van der Waals surface area contributed by atoms with Gasteiger partial charge in [-0.3, -0.25) is 0 Å². The highest BCUT2D eigenvalue weighted by Gasteiger charge is 2.30. The summed E-state index contributed by atoms with van der Waals surface area (Å²) in [5.41, 5.74) is 9.88. The molecule has 2 nitrogen and oxygen atoms in total. The average Bonchev–Trinajstić information content (AvgIpc) is 3.14. The van der Waals surface area contributed by atoms with E-state index in [1.165, 1.54) is 42.6 Å². The lowest BCUT2D eigenvalue weighted by Crippen LogP contribution is -2.29. The molecule has 100 valence electrons. The molecule has 0 atom stereocenters. The van der Waals surface area contributed by atoms with Gasteiger partial charge in [0.2, 0.25) is 0 Å². The second-order valence-electron chi connectivity index (χ2n) is 5.94. The van der Waals surface area contributed by atoms with Crippen LogP contribution in [0.2, 0.25) is 0 Å². The Labute approximate surface area is 111 Å². The van der Waals surface area contributed by atoms with Crippen molar-refractivity contribution in [2.45, 2.75) is 52.6 Å². The van der Waals surface area contributed by atoms with E-state index >= 15 is 0 Å². The summed E-state index contributed by atoms with van der Waals surface area (Å²) in [5.74, 6) is 0.761. The molecule has 18 heavy (non-hydrogen) atoms. The van der Waals surface area contributed by atoms with Crippen LogP contribution in [0.15, 0.2) is 18.2 Å². The van der Waals surface area contributed by atoms with Crippen molar-refractivity contribution in [2.75, 3.05) is 11.4 Å². The number of hydrogen-bond acceptors (Lipinski definition) is 2. The highest BCUT2D eigenvalue weighted by atomic mass is 15.2. The van der Waals surface area contributed by atoms with Crippen LogP contribution in [0.5, 0.6) is 0 Å². The Morgan fingerprint density at radius 2 is 2.06 bits per heavy atom. The monoisotopic (exact) mass is 246 g/mol. The first-order valence-electron chi connectivity index (χ1n) is 7.18. The van der Waals surface area contributed by atoms with Crippen LogP contribution in [-0.2, 0) is 6.54 Å². The maximum Gasteiger partial charge on any atom is 0.0416 e. The van der Waals surface area contributed by atoms with E-state index in [4.69, 9.17) is 5.73 Å². The first-order chi connectivity index (χ1) is 8.61. The minimum atomic E-state index is 0.639. The second-order valence-corrected chi connectivity index (χ2v) is 5.94. The standard InChI is InChI=1S/C16H26N2/c1-12(2)8-9-18(15-6-7-15)16-10-13(3)4-5-14(16)11-17/h4-5,10,12,15H,6-9,11,17H2,1-3H3. The minimum Gasteiger partial charge on any atom is -0.368 e. The molecule has 0 bridgehead atoms.